The van der Waals surface area contributed by atoms with Crippen molar-refractivity contribution in [3.63, 3.8) is 0 Å². The average molecular weight is 188 g/mol. The smallest absolute Gasteiger partial charge is 0.0829 e. The summed E-state index contributed by atoms with van der Waals surface area (Å²) >= 11 is 0. The zero-order chi connectivity index (χ0) is 9.97. The molecule has 4 heteroatoms. The first-order valence-corrected chi connectivity index (χ1v) is 4.45. The van der Waals surface area contributed by atoms with Gasteiger partial charge in [0.25, 0.3) is 0 Å². The fraction of sp³-hybridized carbons (Fsp3) is 0.200. The van der Waals surface area contributed by atoms with Crippen LogP contribution in [0.3, 0.4) is 0 Å². The maximum absolute atomic E-state index is 4.37. The van der Waals surface area contributed by atoms with Gasteiger partial charge < -0.3 is 5.32 Å². The number of anilines is 1. The zero-order valence-corrected chi connectivity index (χ0v) is 8.23. The number of pyridine rings is 1. The molecule has 4 nitrogen and oxygen atoms in total. The van der Waals surface area contributed by atoms with Crippen molar-refractivity contribution in [2.75, 3.05) is 12.4 Å². The Balaban J connectivity index is 2.43. The van der Waals surface area contributed by atoms with Crippen molar-refractivity contribution >= 4 is 5.69 Å². The minimum Gasteiger partial charge on any atom is -0.385 e. The van der Waals surface area contributed by atoms with Gasteiger partial charge in [-0.2, -0.15) is 5.10 Å². The first-order valence-electron chi connectivity index (χ1n) is 4.45. The van der Waals surface area contributed by atoms with E-state index in [9.17, 15) is 0 Å². The Morgan fingerprint density at radius 3 is 2.86 bits per heavy atom. The van der Waals surface area contributed by atoms with Gasteiger partial charge in [-0.3, -0.25) is 4.98 Å². The first-order chi connectivity index (χ1) is 6.81. The van der Waals surface area contributed by atoms with Crippen LogP contribution in [0.25, 0.3) is 5.69 Å². The molecule has 2 heterocycles. The Morgan fingerprint density at radius 1 is 1.43 bits per heavy atom. The third-order valence-electron chi connectivity index (χ3n) is 2.08. The fourth-order valence-electron chi connectivity index (χ4n) is 1.33. The van der Waals surface area contributed by atoms with Crippen LogP contribution in [0, 0.1) is 6.92 Å². The molecule has 0 unspecified atom stereocenters. The van der Waals surface area contributed by atoms with Crippen molar-refractivity contribution in [2.45, 2.75) is 6.92 Å². The van der Waals surface area contributed by atoms with E-state index in [1.807, 2.05) is 37.0 Å². The molecule has 0 saturated heterocycles. The Labute approximate surface area is 82.6 Å². The largest absolute Gasteiger partial charge is 0.385 e. The summed E-state index contributed by atoms with van der Waals surface area (Å²) in [7, 11) is 1.89. The Kier molecular flexibility index (Phi) is 2.18. The maximum atomic E-state index is 4.37. The van der Waals surface area contributed by atoms with Crippen molar-refractivity contribution in [1.29, 1.82) is 0 Å². The summed E-state index contributed by atoms with van der Waals surface area (Å²) in [5.74, 6) is 0. The molecule has 0 aromatic carbocycles. The molecule has 0 aliphatic heterocycles. The quantitative estimate of drug-likeness (QED) is 0.778. The van der Waals surface area contributed by atoms with E-state index < -0.39 is 0 Å². The summed E-state index contributed by atoms with van der Waals surface area (Å²) in [6.45, 7) is 1.97. The van der Waals surface area contributed by atoms with Crippen LogP contribution in [0.4, 0.5) is 5.69 Å². The summed E-state index contributed by atoms with van der Waals surface area (Å²) in [5, 5.41) is 7.45. The van der Waals surface area contributed by atoms with E-state index in [0.29, 0.717) is 0 Å². The van der Waals surface area contributed by atoms with E-state index in [1.54, 1.807) is 12.4 Å². The molecule has 0 bridgehead atoms. The summed E-state index contributed by atoms with van der Waals surface area (Å²) in [5.41, 5.74) is 2.99. The molecular formula is C10H12N4. The highest BCUT2D eigenvalue weighted by Crippen LogP contribution is 2.14. The molecule has 0 aliphatic carbocycles. The number of nitrogens with one attached hydrogen (secondary N) is 1. The van der Waals surface area contributed by atoms with Gasteiger partial charge in [0.15, 0.2) is 0 Å². The van der Waals surface area contributed by atoms with Crippen LogP contribution in [0.2, 0.25) is 0 Å². The maximum Gasteiger partial charge on any atom is 0.0829 e. The first kappa shape index (κ1) is 8.74. The van der Waals surface area contributed by atoms with Crippen LogP contribution in [0.15, 0.2) is 30.7 Å². The summed E-state index contributed by atoms with van der Waals surface area (Å²) in [4.78, 5) is 4.04. The monoisotopic (exact) mass is 188 g/mol. The lowest BCUT2D eigenvalue weighted by Gasteiger charge is -1.97. The highest BCUT2D eigenvalue weighted by molar-refractivity contribution is 5.47. The van der Waals surface area contributed by atoms with E-state index in [2.05, 4.69) is 15.4 Å². The van der Waals surface area contributed by atoms with Crippen molar-refractivity contribution < 1.29 is 0 Å². The predicted octanol–water partition coefficient (Wildman–Crippen LogP) is 1.62. The summed E-state index contributed by atoms with van der Waals surface area (Å²) in [6.07, 6.45) is 5.48. The molecule has 0 radical (unpaired) electrons. The molecule has 0 amide bonds. The van der Waals surface area contributed by atoms with Crippen LogP contribution >= 0.6 is 0 Å². The van der Waals surface area contributed by atoms with Crippen molar-refractivity contribution in [2.24, 2.45) is 0 Å². The van der Waals surface area contributed by atoms with Gasteiger partial charge in [0.05, 0.1) is 29.5 Å². The number of hydrogen-bond donors (Lipinski definition) is 1. The van der Waals surface area contributed by atoms with Crippen LogP contribution in [-0.4, -0.2) is 21.8 Å². The Morgan fingerprint density at radius 2 is 2.29 bits per heavy atom. The van der Waals surface area contributed by atoms with E-state index in [1.165, 1.54) is 0 Å². The molecule has 0 spiro atoms. The van der Waals surface area contributed by atoms with Gasteiger partial charge in [0.1, 0.15) is 0 Å². The molecule has 2 aromatic heterocycles. The minimum absolute atomic E-state index is 0.970. The van der Waals surface area contributed by atoms with Gasteiger partial charge in [-0.1, -0.05) is 0 Å². The lowest BCUT2D eigenvalue weighted by Crippen LogP contribution is -1.94. The third kappa shape index (κ3) is 1.46. The summed E-state index contributed by atoms with van der Waals surface area (Å²) in [6, 6.07) is 3.87. The molecule has 2 rings (SSSR count). The van der Waals surface area contributed by atoms with E-state index in [0.717, 1.165) is 17.1 Å². The molecule has 1 N–H and O–H groups in total. The van der Waals surface area contributed by atoms with Gasteiger partial charge in [-0.05, 0) is 19.1 Å². The molecule has 2 aromatic rings. The number of aryl methyl sites for hydroxylation is 1. The molecule has 0 fully saturated rings. The number of nitrogens with zero attached hydrogens (tertiary/aromatic N) is 3. The van der Waals surface area contributed by atoms with Gasteiger partial charge in [-0.15, -0.1) is 0 Å². The van der Waals surface area contributed by atoms with Crippen LogP contribution in [0.1, 0.15) is 5.69 Å². The standard InChI is InChI=1S/C10H12N4/c1-8-10(11-2)7-14(13-8)9-4-3-5-12-6-9/h3-7,11H,1-2H3. The van der Waals surface area contributed by atoms with Crippen LogP contribution in [0.5, 0.6) is 0 Å². The highest BCUT2D eigenvalue weighted by Gasteiger charge is 2.03. The average Bonchev–Trinajstić information content (AvgIpc) is 2.61. The second kappa shape index (κ2) is 3.49. The third-order valence-corrected chi connectivity index (χ3v) is 2.08. The number of aromatic nitrogens is 3. The van der Waals surface area contributed by atoms with E-state index in [4.69, 9.17) is 0 Å². The number of hydrogen-bond acceptors (Lipinski definition) is 3. The summed E-state index contributed by atoms with van der Waals surface area (Å²) < 4.78 is 1.81. The molecule has 72 valence electrons. The molecular weight excluding hydrogens is 176 g/mol. The van der Waals surface area contributed by atoms with Crippen molar-refractivity contribution in [3.05, 3.63) is 36.4 Å². The fourth-order valence-corrected chi connectivity index (χ4v) is 1.33. The second-order valence-corrected chi connectivity index (χ2v) is 3.03. The SMILES string of the molecule is CNc1cn(-c2cccnc2)nc1C. The van der Waals surface area contributed by atoms with Gasteiger partial charge in [-0.25, -0.2) is 4.68 Å². The predicted molar refractivity (Wildman–Crippen MR) is 55.6 cm³/mol. The van der Waals surface area contributed by atoms with Crippen molar-refractivity contribution in [3.8, 4) is 5.69 Å². The Bertz CT molecular complexity index is 419. The molecule has 0 atom stereocenters. The number of rotatable bonds is 2. The van der Waals surface area contributed by atoms with Gasteiger partial charge in [0, 0.05) is 13.2 Å². The van der Waals surface area contributed by atoms with E-state index in [-0.39, 0.29) is 0 Å². The molecule has 14 heavy (non-hydrogen) atoms. The molecule has 0 aliphatic rings. The molecule has 0 saturated carbocycles. The lowest BCUT2D eigenvalue weighted by molar-refractivity contribution is 0.857. The second-order valence-electron chi connectivity index (χ2n) is 3.03. The van der Waals surface area contributed by atoms with Crippen LogP contribution < -0.4 is 5.32 Å². The van der Waals surface area contributed by atoms with Gasteiger partial charge in [0.2, 0.25) is 0 Å². The van der Waals surface area contributed by atoms with Crippen molar-refractivity contribution in [1.82, 2.24) is 14.8 Å². The zero-order valence-electron chi connectivity index (χ0n) is 8.23. The topological polar surface area (TPSA) is 42.7 Å². The Hall–Kier alpha value is -1.84. The minimum atomic E-state index is 0.970. The van der Waals surface area contributed by atoms with E-state index >= 15 is 0 Å². The highest BCUT2D eigenvalue weighted by atomic mass is 15.3. The lowest BCUT2D eigenvalue weighted by atomic mass is 10.4. The van der Waals surface area contributed by atoms with Gasteiger partial charge >= 0.3 is 0 Å². The normalized spacial score (nSPS) is 10.1. The van der Waals surface area contributed by atoms with Crippen LogP contribution in [-0.2, 0) is 0 Å².